The summed E-state index contributed by atoms with van der Waals surface area (Å²) in [5, 5.41) is 3.60. The summed E-state index contributed by atoms with van der Waals surface area (Å²) in [4.78, 5) is 4.29. The molecule has 18 heavy (non-hydrogen) atoms. The van der Waals surface area contributed by atoms with E-state index in [-0.39, 0.29) is 0 Å². The Bertz CT molecular complexity index is 367. The van der Waals surface area contributed by atoms with E-state index in [0.29, 0.717) is 12.0 Å². The molecule has 0 aliphatic heterocycles. The molecule has 100 valence electrons. The van der Waals surface area contributed by atoms with Crippen LogP contribution in [0, 0.1) is 0 Å². The minimum absolute atomic E-state index is 0.624. The van der Waals surface area contributed by atoms with Crippen molar-refractivity contribution in [2.75, 3.05) is 13.7 Å². The number of nitrogens with one attached hydrogen (secondary N) is 1. The molecule has 2 atom stereocenters. The molecule has 1 aromatic rings. The van der Waals surface area contributed by atoms with E-state index in [1.165, 1.54) is 37.7 Å². The highest BCUT2D eigenvalue weighted by molar-refractivity contribution is 5.26. The third kappa shape index (κ3) is 3.45. The Morgan fingerprint density at radius 3 is 2.94 bits per heavy atom. The van der Waals surface area contributed by atoms with Gasteiger partial charge in [0, 0.05) is 12.2 Å². The highest BCUT2D eigenvalue weighted by atomic mass is 16.5. The van der Waals surface area contributed by atoms with Crippen molar-refractivity contribution in [3.8, 4) is 5.75 Å². The van der Waals surface area contributed by atoms with Crippen LogP contribution in [0.1, 0.15) is 50.5 Å². The molecule has 2 unspecified atom stereocenters. The van der Waals surface area contributed by atoms with Crippen LogP contribution >= 0.6 is 0 Å². The molecule has 0 radical (unpaired) electrons. The van der Waals surface area contributed by atoms with Crippen LogP contribution in [0.4, 0.5) is 0 Å². The molecule has 2 rings (SSSR count). The van der Waals surface area contributed by atoms with Gasteiger partial charge >= 0.3 is 0 Å². The predicted octanol–water partition coefficient (Wildman–Crippen LogP) is 3.12. The maximum Gasteiger partial charge on any atom is 0.137 e. The zero-order chi connectivity index (χ0) is 12.8. The monoisotopic (exact) mass is 248 g/mol. The summed E-state index contributed by atoms with van der Waals surface area (Å²) in [6, 6.07) is 2.81. The van der Waals surface area contributed by atoms with E-state index in [1.54, 1.807) is 13.3 Å². The van der Waals surface area contributed by atoms with E-state index in [0.717, 1.165) is 12.3 Å². The van der Waals surface area contributed by atoms with Crippen molar-refractivity contribution in [1.82, 2.24) is 10.3 Å². The van der Waals surface area contributed by atoms with E-state index >= 15 is 0 Å². The molecule has 0 bridgehead atoms. The first-order valence-corrected chi connectivity index (χ1v) is 7.05. The number of nitrogens with zero attached hydrogens (tertiary/aromatic N) is 1. The third-order valence-corrected chi connectivity index (χ3v) is 3.86. The van der Waals surface area contributed by atoms with Crippen LogP contribution < -0.4 is 10.1 Å². The Morgan fingerprint density at radius 2 is 2.17 bits per heavy atom. The smallest absolute Gasteiger partial charge is 0.137 e. The first-order chi connectivity index (χ1) is 8.83. The predicted molar refractivity (Wildman–Crippen MR) is 74.1 cm³/mol. The molecular formula is C15H24N2O. The summed E-state index contributed by atoms with van der Waals surface area (Å²) in [6.07, 6.45) is 10.2. The third-order valence-electron chi connectivity index (χ3n) is 3.86. The molecule has 1 aliphatic carbocycles. The maximum absolute atomic E-state index is 5.27. The fourth-order valence-corrected chi connectivity index (χ4v) is 2.91. The lowest BCUT2D eigenvalue weighted by Crippen LogP contribution is -2.29. The quantitative estimate of drug-likeness (QED) is 0.831. The largest absolute Gasteiger partial charge is 0.495 e. The van der Waals surface area contributed by atoms with Gasteiger partial charge in [0.25, 0.3) is 0 Å². The van der Waals surface area contributed by atoms with Crippen LogP contribution in [0.15, 0.2) is 18.5 Å². The molecule has 1 heterocycles. The average Bonchev–Trinajstić information content (AvgIpc) is 2.65. The molecule has 3 heteroatoms. The van der Waals surface area contributed by atoms with Crippen LogP contribution in [0.2, 0.25) is 0 Å². The first-order valence-electron chi connectivity index (χ1n) is 7.05. The molecular weight excluding hydrogens is 224 g/mol. The van der Waals surface area contributed by atoms with Crippen molar-refractivity contribution >= 4 is 0 Å². The Balaban J connectivity index is 2.09. The second-order valence-corrected chi connectivity index (χ2v) is 5.13. The van der Waals surface area contributed by atoms with Gasteiger partial charge in [-0.1, -0.05) is 19.8 Å². The van der Waals surface area contributed by atoms with E-state index < -0.39 is 0 Å². The first kappa shape index (κ1) is 13.3. The van der Waals surface area contributed by atoms with Crippen molar-refractivity contribution < 1.29 is 4.74 Å². The second-order valence-electron chi connectivity index (χ2n) is 5.13. The van der Waals surface area contributed by atoms with Crippen molar-refractivity contribution in [2.24, 2.45) is 0 Å². The number of ether oxygens (including phenoxy) is 1. The van der Waals surface area contributed by atoms with E-state index in [2.05, 4.69) is 23.3 Å². The summed E-state index contributed by atoms with van der Waals surface area (Å²) < 4.78 is 5.27. The summed E-state index contributed by atoms with van der Waals surface area (Å²) in [5.41, 5.74) is 1.33. The fourth-order valence-electron chi connectivity index (χ4n) is 2.91. The molecule has 0 spiro atoms. The Morgan fingerprint density at radius 1 is 1.33 bits per heavy atom. The van der Waals surface area contributed by atoms with Gasteiger partial charge in [0.1, 0.15) is 5.75 Å². The lowest BCUT2D eigenvalue weighted by atomic mass is 9.91. The zero-order valence-corrected chi connectivity index (χ0v) is 11.5. The van der Waals surface area contributed by atoms with Gasteiger partial charge in [-0.05, 0) is 43.4 Å². The molecule has 0 amide bonds. The SMILES string of the molecule is CCNC1CCCCC(c2cncc(OC)c2)C1. The van der Waals surface area contributed by atoms with Crippen LogP contribution in [0.3, 0.4) is 0 Å². The van der Waals surface area contributed by atoms with Gasteiger partial charge in [0.05, 0.1) is 13.3 Å². The number of hydrogen-bond donors (Lipinski definition) is 1. The molecule has 1 aromatic heterocycles. The second kappa shape index (κ2) is 6.74. The van der Waals surface area contributed by atoms with Crippen molar-refractivity contribution in [2.45, 2.75) is 51.0 Å². The highest BCUT2D eigenvalue weighted by Gasteiger charge is 2.21. The molecule has 1 fully saturated rings. The molecule has 1 aliphatic rings. The van der Waals surface area contributed by atoms with E-state index in [4.69, 9.17) is 4.74 Å². The van der Waals surface area contributed by atoms with Crippen molar-refractivity contribution in [1.29, 1.82) is 0 Å². The maximum atomic E-state index is 5.27. The summed E-state index contributed by atoms with van der Waals surface area (Å²) >= 11 is 0. The number of hydrogen-bond acceptors (Lipinski definition) is 3. The van der Waals surface area contributed by atoms with Gasteiger partial charge in [-0.25, -0.2) is 0 Å². The van der Waals surface area contributed by atoms with Gasteiger partial charge in [-0.15, -0.1) is 0 Å². The molecule has 0 aromatic carbocycles. The highest BCUT2D eigenvalue weighted by Crippen LogP contribution is 2.32. The van der Waals surface area contributed by atoms with Crippen molar-refractivity contribution in [3.63, 3.8) is 0 Å². The van der Waals surface area contributed by atoms with Crippen LogP contribution in [0.25, 0.3) is 0 Å². The summed E-state index contributed by atoms with van der Waals surface area (Å²) in [7, 11) is 1.70. The molecule has 3 nitrogen and oxygen atoms in total. The van der Waals surface area contributed by atoms with E-state index in [9.17, 15) is 0 Å². The van der Waals surface area contributed by atoms with E-state index in [1.807, 2.05) is 6.20 Å². The van der Waals surface area contributed by atoms with Crippen LogP contribution in [0.5, 0.6) is 5.75 Å². The minimum atomic E-state index is 0.624. The minimum Gasteiger partial charge on any atom is -0.495 e. The lowest BCUT2D eigenvalue weighted by Gasteiger charge is -2.21. The van der Waals surface area contributed by atoms with Gasteiger partial charge in [-0.3, -0.25) is 4.98 Å². The summed E-state index contributed by atoms with van der Waals surface area (Å²) in [6.45, 7) is 3.25. The number of methoxy groups -OCH3 is 1. The lowest BCUT2D eigenvalue weighted by molar-refractivity contribution is 0.409. The van der Waals surface area contributed by atoms with Gasteiger partial charge in [0.15, 0.2) is 0 Å². The van der Waals surface area contributed by atoms with Gasteiger partial charge in [0.2, 0.25) is 0 Å². The number of rotatable bonds is 4. The van der Waals surface area contributed by atoms with Crippen LogP contribution in [-0.4, -0.2) is 24.7 Å². The molecule has 0 saturated heterocycles. The van der Waals surface area contributed by atoms with Gasteiger partial charge < -0.3 is 10.1 Å². The number of aromatic nitrogens is 1. The molecule has 1 N–H and O–H groups in total. The van der Waals surface area contributed by atoms with Crippen molar-refractivity contribution in [3.05, 3.63) is 24.0 Å². The summed E-state index contributed by atoms with van der Waals surface area (Å²) in [5.74, 6) is 1.50. The molecule has 1 saturated carbocycles. The van der Waals surface area contributed by atoms with Crippen LogP contribution in [-0.2, 0) is 0 Å². The topological polar surface area (TPSA) is 34.2 Å². The Kier molecular flexibility index (Phi) is 5.00. The normalized spacial score (nSPS) is 24.6. The van der Waals surface area contributed by atoms with Gasteiger partial charge in [-0.2, -0.15) is 0 Å². The standard InChI is InChI=1S/C15H24N2O/c1-3-17-14-7-5-4-6-12(8-14)13-9-15(18-2)11-16-10-13/h9-12,14,17H,3-8H2,1-2H3. The zero-order valence-electron chi connectivity index (χ0n) is 11.5. The Hall–Kier alpha value is -1.09. The number of pyridine rings is 1. The average molecular weight is 248 g/mol. The fraction of sp³-hybridized carbons (Fsp3) is 0.667. The Labute approximate surface area is 110 Å².